The van der Waals surface area contributed by atoms with Crippen molar-refractivity contribution in [2.45, 2.75) is 11.8 Å². The van der Waals surface area contributed by atoms with Gasteiger partial charge < -0.3 is 4.18 Å². The van der Waals surface area contributed by atoms with Crippen LogP contribution in [0.2, 0.25) is 0 Å². The van der Waals surface area contributed by atoms with Crippen LogP contribution in [0.25, 0.3) is 5.69 Å². The molecular formula is C14H11FN4O3S. The number of hydrogen-bond acceptors (Lipinski definition) is 6. The highest BCUT2D eigenvalue weighted by Crippen LogP contribution is 2.22. The number of aromatic nitrogens is 4. The molecular weight excluding hydrogens is 323 g/mol. The molecule has 0 N–H and O–H groups in total. The summed E-state index contributed by atoms with van der Waals surface area (Å²) in [5.74, 6) is -0.794. The molecule has 0 amide bonds. The molecule has 23 heavy (non-hydrogen) atoms. The molecule has 0 atom stereocenters. The van der Waals surface area contributed by atoms with Crippen molar-refractivity contribution in [1.82, 2.24) is 20.2 Å². The monoisotopic (exact) mass is 334 g/mol. The van der Waals surface area contributed by atoms with Gasteiger partial charge in [-0.25, -0.2) is 9.07 Å². The van der Waals surface area contributed by atoms with E-state index in [0.717, 1.165) is 6.07 Å². The quantitative estimate of drug-likeness (QED) is 0.677. The van der Waals surface area contributed by atoms with Gasteiger partial charge >= 0.3 is 10.1 Å². The van der Waals surface area contributed by atoms with E-state index in [1.54, 1.807) is 19.1 Å². The maximum Gasteiger partial charge on any atom is 0.342 e. The average Bonchev–Trinajstić information content (AvgIpc) is 3.01. The first-order chi connectivity index (χ1) is 11.0. The Morgan fingerprint density at radius 1 is 1.13 bits per heavy atom. The van der Waals surface area contributed by atoms with Gasteiger partial charge in [0.1, 0.15) is 22.8 Å². The van der Waals surface area contributed by atoms with Crippen molar-refractivity contribution in [3.63, 3.8) is 0 Å². The minimum Gasteiger partial charge on any atom is -0.379 e. The first-order valence-corrected chi connectivity index (χ1v) is 7.90. The first kappa shape index (κ1) is 15.1. The fourth-order valence-corrected chi connectivity index (χ4v) is 2.90. The number of aryl methyl sites for hydroxylation is 1. The lowest BCUT2D eigenvalue weighted by Gasteiger charge is -2.09. The van der Waals surface area contributed by atoms with Gasteiger partial charge in [0.05, 0.1) is 5.69 Å². The van der Waals surface area contributed by atoms with Crippen LogP contribution in [0.5, 0.6) is 5.75 Å². The molecule has 0 fully saturated rings. The molecule has 0 aliphatic heterocycles. The predicted molar refractivity (Wildman–Crippen MR) is 78.1 cm³/mol. The van der Waals surface area contributed by atoms with Gasteiger partial charge in [-0.2, -0.15) is 8.42 Å². The summed E-state index contributed by atoms with van der Waals surface area (Å²) in [4.78, 5) is -0.507. The summed E-state index contributed by atoms with van der Waals surface area (Å²) in [6.07, 6.45) is 1.40. The fraction of sp³-hybridized carbons (Fsp3) is 0.0714. The molecule has 2 aromatic carbocycles. The molecule has 3 rings (SSSR count). The van der Waals surface area contributed by atoms with E-state index in [1.165, 1.54) is 35.3 Å². The average molecular weight is 334 g/mol. The SMILES string of the molecule is Cc1ccc(S(=O)(=O)Oc2ccc(-n3cnnn3)cc2)c(F)c1. The van der Waals surface area contributed by atoms with Gasteiger partial charge in [0.15, 0.2) is 0 Å². The van der Waals surface area contributed by atoms with Crippen molar-refractivity contribution in [3.8, 4) is 11.4 Å². The summed E-state index contributed by atoms with van der Waals surface area (Å²) in [5.41, 5.74) is 1.24. The van der Waals surface area contributed by atoms with E-state index in [2.05, 4.69) is 15.5 Å². The van der Waals surface area contributed by atoms with E-state index in [0.29, 0.717) is 11.3 Å². The lowest BCUT2D eigenvalue weighted by atomic mass is 10.2. The maximum absolute atomic E-state index is 13.8. The molecule has 0 aliphatic carbocycles. The minimum atomic E-state index is -4.25. The normalized spacial score (nSPS) is 11.4. The third kappa shape index (κ3) is 3.19. The van der Waals surface area contributed by atoms with E-state index in [9.17, 15) is 12.8 Å². The maximum atomic E-state index is 13.8. The van der Waals surface area contributed by atoms with Gasteiger partial charge in [0.2, 0.25) is 0 Å². The summed E-state index contributed by atoms with van der Waals surface area (Å²) < 4.78 is 44.5. The zero-order valence-corrected chi connectivity index (χ0v) is 12.7. The number of tetrazole rings is 1. The van der Waals surface area contributed by atoms with Gasteiger partial charge in [-0.3, -0.25) is 0 Å². The number of benzene rings is 2. The molecule has 0 saturated carbocycles. The fourth-order valence-electron chi connectivity index (χ4n) is 1.91. The van der Waals surface area contributed by atoms with Crippen LogP contribution in [0.1, 0.15) is 5.56 Å². The van der Waals surface area contributed by atoms with Crippen molar-refractivity contribution >= 4 is 10.1 Å². The van der Waals surface area contributed by atoms with Crippen LogP contribution < -0.4 is 4.18 Å². The first-order valence-electron chi connectivity index (χ1n) is 6.50. The molecule has 0 bridgehead atoms. The van der Waals surface area contributed by atoms with Crippen LogP contribution in [-0.2, 0) is 10.1 Å². The van der Waals surface area contributed by atoms with E-state index in [4.69, 9.17) is 4.18 Å². The van der Waals surface area contributed by atoms with Crippen LogP contribution >= 0.6 is 0 Å². The van der Waals surface area contributed by atoms with Crippen molar-refractivity contribution in [3.05, 3.63) is 60.2 Å². The Bertz CT molecular complexity index is 925. The highest BCUT2D eigenvalue weighted by molar-refractivity contribution is 7.87. The van der Waals surface area contributed by atoms with Crippen LogP contribution in [0.4, 0.5) is 4.39 Å². The standard InChI is InChI=1S/C14H11FN4O3S/c1-10-2-7-14(13(15)8-10)23(20,21)22-12-5-3-11(4-6-12)19-9-16-17-18-19/h2-9H,1H3. The molecule has 1 heterocycles. The van der Waals surface area contributed by atoms with Gasteiger partial charge in [-0.05, 0) is 59.3 Å². The second-order valence-corrected chi connectivity index (χ2v) is 6.23. The Morgan fingerprint density at radius 2 is 1.87 bits per heavy atom. The highest BCUT2D eigenvalue weighted by atomic mass is 32.2. The lowest BCUT2D eigenvalue weighted by molar-refractivity contribution is 0.476. The number of hydrogen-bond donors (Lipinski definition) is 0. The topological polar surface area (TPSA) is 87.0 Å². The molecule has 0 spiro atoms. The Morgan fingerprint density at radius 3 is 2.48 bits per heavy atom. The van der Waals surface area contributed by atoms with Gasteiger partial charge in [0, 0.05) is 0 Å². The molecule has 9 heteroatoms. The van der Waals surface area contributed by atoms with E-state index in [1.807, 2.05) is 0 Å². The summed E-state index contributed by atoms with van der Waals surface area (Å²) in [5, 5.41) is 10.7. The van der Waals surface area contributed by atoms with Gasteiger partial charge in [-0.1, -0.05) is 6.07 Å². The van der Waals surface area contributed by atoms with E-state index < -0.39 is 20.8 Å². The van der Waals surface area contributed by atoms with Crippen molar-refractivity contribution < 1.29 is 17.0 Å². The third-order valence-corrected chi connectivity index (χ3v) is 4.29. The molecule has 3 aromatic rings. The van der Waals surface area contributed by atoms with Crippen LogP contribution in [-0.4, -0.2) is 28.6 Å². The smallest absolute Gasteiger partial charge is 0.342 e. The van der Waals surface area contributed by atoms with E-state index >= 15 is 0 Å². The van der Waals surface area contributed by atoms with Crippen molar-refractivity contribution in [1.29, 1.82) is 0 Å². The molecule has 7 nitrogen and oxygen atoms in total. The van der Waals surface area contributed by atoms with Crippen LogP contribution in [0.3, 0.4) is 0 Å². The zero-order chi connectivity index (χ0) is 16.4. The molecule has 0 radical (unpaired) electrons. The largest absolute Gasteiger partial charge is 0.379 e. The second kappa shape index (κ2) is 5.76. The summed E-state index contributed by atoms with van der Waals surface area (Å²) in [6, 6.07) is 9.83. The van der Waals surface area contributed by atoms with Gasteiger partial charge in [0.25, 0.3) is 0 Å². The number of rotatable bonds is 4. The van der Waals surface area contributed by atoms with Gasteiger partial charge in [-0.15, -0.1) is 5.10 Å². The molecule has 0 aliphatic rings. The Hall–Kier alpha value is -2.81. The highest BCUT2D eigenvalue weighted by Gasteiger charge is 2.21. The van der Waals surface area contributed by atoms with Crippen molar-refractivity contribution in [2.75, 3.05) is 0 Å². The summed E-state index contributed by atoms with van der Waals surface area (Å²) in [7, 11) is -4.25. The molecule has 1 aromatic heterocycles. The predicted octanol–water partition coefficient (Wildman–Crippen LogP) is 1.88. The minimum absolute atomic E-state index is 0.0572. The third-order valence-electron chi connectivity index (χ3n) is 3.01. The lowest BCUT2D eigenvalue weighted by Crippen LogP contribution is -2.11. The molecule has 118 valence electrons. The zero-order valence-electron chi connectivity index (χ0n) is 11.9. The molecule has 0 unspecified atom stereocenters. The second-order valence-electron chi connectivity index (χ2n) is 4.72. The summed E-state index contributed by atoms with van der Waals surface area (Å²) >= 11 is 0. The summed E-state index contributed by atoms with van der Waals surface area (Å²) in [6.45, 7) is 1.66. The molecule has 0 saturated heterocycles. The van der Waals surface area contributed by atoms with Crippen molar-refractivity contribution in [2.24, 2.45) is 0 Å². The Balaban J connectivity index is 1.86. The Labute approximate surface area is 131 Å². The number of halogens is 1. The Kier molecular flexibility index (Phi) is 3.78. The van der Waals surface area contributed by atoms with Crippen LogP contribution in [0, 0.1) is 12.7 Å². The van der Waals surface area contributed by atoms with Crippen LogP contribution in [0.15, 0.2) is 53.7 Å². The van der Waals surface area contributed by atoms with E-state index in [-0.39, 0.29) is 5.75 Å². The number of nitrogens with zero attached hydrogens (tertiary/aromatic N) is 4.